The van der Waals surface area contributed by atoms with Gasteiger partial charge in [-0.25, -0.2) is 14.6 Å². The first-order valence-corrected chi connectivity index (χ1v) is 5.38. The number of nitrogens with one attached hydrogen (secondary N) is 1. The molecule has 0 aliphatic heterocycles. The van der Waals surface area contributed by atoms with Gasteiger partial charge in [-0.15, -0.1) is 0 Å². The molecule has 19 heavy (non-hydrogen) atoms. The highest BCUT2D eigenvalue weighted by Crippen LogP contribution is 2.17. The lowest BCUT2D eigenvalue weighted by atomic mass is 10.4. The van der Waals surface area contributed by atoms with Crippen LogP contribution in [0.3, 0.4) is 0 Å². The quantitative estimate of drug-likeness (QED) is 0.818. The standard InChI is InChI=1S/C12H11N3O4/c1-2-7-19-12(18)14-10-9(11(16)17)15-6-4-3-5-8(15)13-10/h2-6H,1,7H2,(H,14,18)(H,16,17). The van der Waals surface area contributed by atoms with Crippen LogP contribution in [0.5, 0.6) is 0 Å². The van der Waals surface area contributed by atoms with Crippen LogP contribution in [0.25, 0.3) is 5.65 Å². The Labute approximate surface area is 108 Å². The Kier molecular flexibility index (Phi) is 3.46. The Bertz CT molecular complexity index is 647. The summed E-state index contributed by atoms with van der Waals surface area (Å²) >= 11 is 0. The Morgan fingerprint density at radius 2 is 2.32 bits per heavy atom. The van der Waals surface area contributed by atoms with E-state index in [2.05, 4.69) is 16.9 Å². The van der Waals surface area contributed by atoms with Crippen LogP contribution in [0.15, 0.2) is 37.1 Å². The molecule has 0 aliphatic carbocycles. The molecular formula is C12H11N3O4. The largest absolute Gasteiger partial charge is 0.476 e. The molecule has 2 N–H and O–H groups in total. The maximum absolute atomic E-state index is 11.4. The molecule has 2 rings (SSSR count). The van der Waals surface area contributed by atoms with Crippen LogP contribution in [-0.2, 0) is 4.74 Å². The predicted molar refractivity (Wildman–Crippen MR) is 67.3 cm³/mol. The number of carbonyl (C=O) groups is 2. The third-order valence-electron chi connectivity index (χ3n) is 2.29. The summed E-state index contributed by atoms with van der Waals surface area (Å²) in [7, 11) is 0. The van der Waals surface area contributed by atoms with Crippen LogP contribution < -0.4 is 5.32 Å². The SMILES string of the molecule is C=CCOC(=O)Nc1nc2ccccn2c1C(=O)O. The van der Waals surface area contributed by atoms with Crippen LogP contribution >= 0.6 is 0 Å². The number of fused-ring (bicyclic) bond motifs is 1. The number of carbonyl (C=O) groups excluding carboxylic acids is 1. The van der Waals surface area contributed by atoms with Gasteiger partial charge in [0.2, 0.25) is 0 Å². The lowest BCUT2D eigenvalue weighted by molar-refractivity contribution is 0.0690. The van der Waals surface area contributed by atoms with Gasteiger partial charge < -0.3 is 9.84 Å². The number of aromatic carboxylic acids is 1. The zero-order chi connectivity index (χ0) is 13.8. The maximum Gasteiger partial charge on any atom is 0.413 e. The maximum atomic E-state index is 11.4. The summed E-state index contributed by atoms with van der Waals surface area (Å²) in [6, 6.07) is 5.02. The molecule has 1 amide bonds. The van der Waals surface area contributed by atoms with Gasteiger partial charge in [0.15, 0.2) is 11.5 Å². The molecule has 0 radical (unpaired) electrons. The number of amides is 1. The zero-order valence-electron chi connectivity index (χ0n) is 9.87. The fraction of sp³-hybridized carbons (Fsp3) is 0.0833. The first-order chi connectivity index (χ1) is 9.13. The summed E-state index contributed by atoms with van der Waals surface area (Å²) in [5, 5.41) is 11.5. The van der Waals surface area contributed by atoms with E-state index in [0.717, 1.165) is 0 Å². The first-order valence-electron chi connectivity index (χ1n) is 5.38. The van der Waals surface area contributed by atoms with Gasteiger partial charge in [0.25, 0.3) is 0 Å². The van der Waals surface area contributed by atoms with Crippen LogP contribution in [0, 0.1) is 0 Å². The second-order valence-corrected chi connectivity index (χ2v) is 3.56. The number of anilines is 1. The molecule has 98 valence electrons. The van der Waals surface area contributed by atoms with Crippen molar-refractivity contribution in [2.75, 3.05) is 11.9 Å². The number of ether oxygens (including phenoxy) is 1. The van der Waals surface area contributed by atoms with E-state index >= 15 is 0 Å². The van der Waals surface area contributed by atoms with Crippen molar-refractivity contribution in [3.8, 4) is 0 Å². The van der Waals surface area contributed by atoms with Gasteiger partial charge in [-0.05, 0) is 12.1 Å². The number of imidazole rings is 1. The van der Waals surface area contributed by atoms with Crippen LogP contribution in [-0.4, -0.2) is 33.2 Å². The Balaban J connectivity index is 2.36. The van der Waals surface area contributed by atoms with E-state index in [1.165, 1.54) is 10.5 Å². The van der Waals surface area contributed by atoms with Gasteiger partial charge in [-0.2, -0.15) is 0 Å². The zero-order valence-corrected chi connectivity index (χ0v) is 9.87. The first kappa shape index (κ1) is 12.6. The minimum absolute atomic E-state index is 0.0294. The molecule has 0 spiro atoms. The number of carboxylic acid groups (broad SMARTS) is 1. The smallest absolute Gasteiger partial charge is 0.413 e. The monoisotopic (exact) mass is 261 g/mol. The molecule has 7 heteroatoms. The number of hydrogen-bond acceptors (Lipinski definition) is 4. The molecule has 2 aromatic heterocycles. The van der Waals surface area contributed by atoms with E-state index in [1.807, 2.05) is 0 Å². The van der Waals surface area contributed by atoms with Crippen molar-refractivity contribution in [2.24, 2.45) is 0 Å². The van der Waals surface area contributed by atoms with Crippen molar-refractivity contribution in [1.82, 2.24) is 9.38 Å². The average molecular weight is 261 g/mol. The van der Waals surface area contributed by atoms with E-state index in [-0.39, 0.29) is 18.1 Å². The summed E-state index contributed by atoms with van der Waals surface area (Å²) < 4.78 is 6.08. The highest BCUT2D eigenvalue weighted by atomic mass is 16.5. The van der Waals surface area contributed by atoms with E-state index in [4.69, 9.17) is 4.74 Å². The second-order valence-electron chi connectivity index (χ2n) is 3.56. The summed E-state index contributed by atoms with van der Waals surface area (Å²) in [4.78, 5) is 26.6. The summed E-state index contributed by atoms with van der Waals surface area (Å²) in [5.41, 5.74) is 0.282. The lowest BCUT2D eigenvalue weighted by Crippen LogP contribution is -2.16. The Hall–Kier alpha value is -2.83. The number of rotatable bonds is 4. The number of aromatic nitrogens is 2. The van der Waals surface area contributed by atoms with E-state index < -0.39 is 12.1 Å². The molecule has 0 saturated heterocycles. The van der Waals surface area contributed by atoms with Crippen molar-refractivity contribution < 1.29 is 19.4 Å². The van der Waals surface area contributed by atoms with E-state index in [0.29, 0.717) is 5.65 Å². The van der Waals surface area contributed by atoms with E-state index in [9.17, 15) is 14.7 Å². The second kappa shape index (κ2) is 5.21. The van der Waals surface area contributed by atoms with Gasteiger partial charge in [0.1, 0.15) is 12.3 Å². The van der Waals surface area contributed by atoms with Crippen molar-refractivity contribution in [3.05, 3.63) is 42.7 Å². The minimum atomic E-state index is -1.20. The average Bonchev–Trinajstić information content (AvgIpc) is 2.74. The van der Waals surface area contributed by atoms with Gasteiger partial charge in [0, 0.05) is 6.20 Å². The van der Waals surface area contributed by atoms with Gasteiger partial charge in [-0.1, -0.05) is 18.7 Å². The summed E-state index contributed by atoms with van der Waals surface area (Å²) in [6.45, 7) is 3.43. The van der Waals surface area contributed by atoms with Crippen molar-refractivity contribution >= 4 is 23.5 Å². The molecule has 2 aromatic rings. The number of hydrogen-bond donors (Lipinski definition) is 2. The molecule has 0 bridgehead atoms. The minimum Gasteiger partial charge on any atom is -0.476 e. The third-order valence-corrected chi connectivity index (χ3v) is 2.29. The van der Waals surface area contributed by atoms with Gasteiger partial charge in [0.05, 0.1) is 0 Å². The molecule has 0 unspecified atom stereocenters. The molecule has 7 nitrogen and oxygen atoms in total. The number of nitrogens with zero attached hydrogens (tertiary/aromatic N) is 2. The van der Waals surface area contributed by atoms with Crippen molar-refractivity contribution in [2.45, 2.75) is 0 Å². The number of carboxylic acids is 1. The Morgan fingerprint density at radius 1 is 1.53 bits per heavy atom. The van der Waals surface area contributed by atoms with Crippen LogP contribution in [0.1, 0.15) is 10.5 Å². The number of pyridine rings is 1. The fourth-order valence-electron chi connectivity index (χ4n) is 1.55. The van der Waals surface area contributed by atoms with E-state index in [1.54, 1.807) is 24.4 Å². The van der Waals surface area contributed by atoms with Crippen LogP contribution in [0.2, 0.25) is 0 Å². The highest BCUT2D eigenvalue weighted by molar-refractivity contribution is 5.97. The van der Waals surface area contributed by atoms with Crippen molar-refractivity contribution in [1.29, 1.82) is 0 Å². The molecule has 2 heterocycles. The van der Waals surface area contributed by atoms with Crippen LogP contribution in [0.4, 0.5) is 10.6 Å². The molecule has 0 saturated carbocycles. The molecule has 0 aromatic carbocycles. The fourth-order valence-corrected chi connectivity index (χ4v) is 1.55. The normalized spacial score (nSPS) is 10.1. The van der Waals surface area contributed by atoms with Crippen molar-refractivity contribution in [3.63, 3.8) is 0 Å². The lowest BCUT2D eigenvalue weighted by Gasteiger charge is -2.03. The topological polar surface area (TPSA) is 92.9 Å². The third kappa shape index (κ3) is 2.54. The molecule has 0 fully saturated rings. The molecule has 0 aliphatic rings. The summed E-state index contributed by atoms with van der Waals surface area (Å²) in [6.07, 6.45) is 2.17. The molecular weight excluding hydrogens is 250 g/mol. The highest BCUT2D eigenvalue weighted by Gasteiger charge is 2.20. The Morgan fingerprint density at radius 3 is 3.00 bits per heavy atom. The summed E-state index contributed by atoms with van der Waals surface area (Å²) in [5.74, 6) is -1.26. The predicted octanol–water partition coefficient (Wildman–Crippen LogP) is 1.77. The van der Waals surface area contributed by atoms with Gasteiger partial charge >= 0.3 is 12.1 Å². The van der Waals surface area contributed by atoms with Gasteiger partial charge in [-0.3, -0.25) is 9.72 Å². The molecule has 0 atom stereocenters.